The molecule has 0 aliphatic rings. The van der Waals surface area contributed by atoms with Crippen molar-refractivity contribution in [2.45, 2.75) is 13.2 Å². The summed E-state index contributed by atoms with van der Waals surface area (Å²) in [6, 6.07) is 17.5. The van der Waals surface area contributed by atoms with E-state index < -0.39 is 5.97 Å². The number of carboxylic acid groups (broad SMARTS) is 1. The molecule has 0 bridgehead atoms. The number of carbonyl (C=O) groups is 1. The maximum Gasteiger partial charge on any atom is 0.335 e. The zero-order valence-corrected chi connectivity index (χ0v) is 17.1. The molecule has 0 heterocycles. The Balaban J connectivity index is 1.70. The number of carboxylic acids is 1. The van der Waals surface area contributed by atoms with Crippen LogP contribution in [0.25, 0.3) is 0 Å². The second-order valence-electron chi connectivity index (χ2n) is 6.21. The van der Waals surface area contributed by atoms with Crippen LogP contribution < -0.4 is 14.8 Å². The van der Waals surface area contributed by atoms with E-state index in [1.807, 2.05) is 30.3 Å². The fraction of sp³-hybridized carbons (Fsp3) is 0.136. The predicted octanol–water partition coefficient (Wildman–Crippen LogP) is 5.89. The summed E-state index contributed by atoms with van der Waals surface area (Å²) >= 11 is 12.6. The van der Waals surface area contributed by atoms with Crippen molar-refractivity contribution in [3.05, 3.63) is 87.4 Å². The monoisotopic (exact) mass is 431 g/mol. The van der Waals surface area contributed by atoms with Crippen molar-refractivity contribution in [3.8, 4) is 11.5 Å². The zero-order valence-electron chi connectivity index (χ0n) is 15.6. The summed E-state index contributed by atoms with van der Waals surface area (Å²) in [5.41, 5.74) is 2.69. The number of aromatic carboxylic acids is 1. The highest BCUT2D eigenvalue weighted by atomic mass is 35.5. The van der Waals surface area contributed by atoms with Crippen molar-refractivity contribution in [3.63, 3.8) is 0 Å². The molecule has 0 spiro atoms. The Morgan fingerprint density at radius 2 is 1.69 bits per heavy atom. The van der Waals surface area contributed by atoms with E-state index in [0.717, 1.165) is 16.8 Å². The molecule has 0 radical (unpaired) electrons. The van der Waals surface area contributed by atoms with Gasteiger partial charge in [-0.05, 0) is 42.0 Å². The van der Waals surface area contributed by atoms with Crippen LogP contribution in [0.15, 0.2) is 60.7 Å². The first kappa shape index (κ1) is 20.8. The summed E-state index contributed by atoms with van der Waals surface area (Å²) in [7, 11) is 1.56. The number of rotatable bonds is 8. The quantitative estimate of drug-likeness (QED) is 0.465. The van der Waals surface area contributed by atoms with Crippen molar-refractivity contribution in [1.82, 2.24) is 0 Å². The fourth-order valence-corrected chi connectivity index (χ4v) is 3.09. The van der Waals surface area contributed by atoms with Crippen LogP contribution in [0.2, 0.25) is 10.0 Å². The highest BCUT2D eigenvalue weighted by Gasteiger charge is 2.12. The van der Waals surface area contributed by atoms with E-state index >= 15 is 0 Å². The van der Waals surface area contributed by atoms with E-state index in [2.05, 4.69) is 5.32 Å². The van der Waals surface area contributed by atoms with Gasteiger partial charge in [-0.3, -0.25) is 0 Å². The normalized spacial score (nSPS) is 10.4. The van der Waals surface area contributed by atoms with Crippen molar-refractivity contribution in [1.29, 1.82) is 0 Å². The molecule has 3 aromatic rings. The average Bonchev–Trinajstić information content (AvgIpc) is 2.72. The van der Waals surface area contributed by atoms with Crippen molar-refractivity contribution < 1.29 is 19.4 Å². The molecule has 150 valence electrons. The van der Waals surface area contributed by atoms with Gasteiger partial charge in [0.05, 0.1) is 12.7 Å². The molecule has 0 saturated carbocycles. The minimum absolute atomic E-state index is 0.232. The van der Waals surface area contributed by atoms with E-state index in [0.29, 0.717) is 34.7 Å². The third-order valence-corrected chi connectivity index (χ3v) is 5.01. The molecular weight excluding hydrogens is 413 g/mol. The highest BCUT2D eigenvalue weighted by molar-refractivity contribution is 6.31. The lowest BCUT2D eigenvalue weighted by molar-refractivity contribution is 0.0697. The molecule has 7 heteroatoms. The van der Waals surface area contributed by atoms with Gasteiger partial charge in [-0.1, -0.05) is 41.4 Å². The second-order valence-corrected chi connectivity index (χ2v) is 7.03. The number of hydrogen-bond acceptors (Lipinski definition) is 4. The molecule has 3 rings (SSSR count). The van der Waals surface area contributed by atoms with Crippen LogP contribution in [0.5, 0.6) is 11.5 Å². The number of ether oxygens (including phenoxy) is 2. The van der Waals surface area contributed by atoms with Crippen LogP contribution in [0.4, 0.5) is 5.69 Å². The van der Waals surface area contributed by atoms with E-state index in [4.69, 9.17) is 37.8 Å². The van der Waals surface area contributed by atoms with Gasteiger partial charge < -0.3 is 19.9 Å². The Bertz CT molecular complexity index is 1010. The molecule has 0 saturated heterocycles. The Morgan fingerprint density at radius 1 is 0.966 bits per heavy atom. The molecule has 0 amide bonds. The van der Waals surface area contributed by atoms with Crippen molar-refractivity contribution in [2.75, 3.05) is 12.4 Å². The molecule has 2 N–H and O–H groups in total. The van der Waals surface area contributed by atoms with Gasteiger partial charge in [-0.25, -0.2) is 4.79 Å². The van der Waals surface area contributed by atoms with E-state index in [9.17, 15) is 4.79 Å². The first-order valence-corrected chi connectivity index (χ1v) is 9.53. The molecule has 0 aromatic heterocycles. The summed E-state index contributed by atoms with van der Waals surface area (Å²) in [4.78, 5) is 10.9. The Morgan fingerprint density at radius 3 is 2.34 bits per heavy atom. The van der Waals surface area contributed by atoms with Crippen LogP contribution in [-0.4, -0.2) is 18.2 Å². The molecule has 29 heavy (non-hydrogen) atoms. The van der Waals surface area contributed by atoms with Gasteiger partial charge >= 0.3 is 5.97 Å². The Hall–Kier alpha value is -2.89. The minimum atomic E-state index is -0.961. The van der Waals surface area contributed by atoms with Crippen LogP contribution >= 0.6 is 23.2 Å². The number of benzene rings is 3. The second kappa shape index (κ2) is 9.54. The number of nitrogens with one attached hydrogen (secondary N) is 1. The summed E-state index contributed by atoms with van der Waals surface area (Å²) in [5, 5.41) is 13.3. The largest absolute Gasteiger partial charge is 0.493 e. The maximum atomic E-state index is 10.9. The van der Waals surface area contributed by atoms with Crippen molar-refractivity contribution >= 4 is 34.9 Å². The van der Waals surface area contributed by atoms with Gasteiger partial charge in [-0.15, -0.1) is 0 Å². The maximum absolute atomic E-state index is 10.9. The third-order valence-electron chi connectivity index (χ3n) is 4.29. The molecular formula is C22H19Cl2NO4. The van der Waals surface area contributed by atoms with Crippen LogP contribution in [0, 0.1) is 0 Å². The lowest BCUT2D eigenvalue weighted by Crippen LogP contribution is -2.03. The lowest BCUT2D eigenvalue weighted by Gasteiger charge is -2.15. The summed E-state index contributed by atoms with van der Waals surface area (Å²) < 4.78 is 11.3. The zero-order chi connectivity index (χ0) is 20.8. The number of hydrogen-bond donors (Lipinski definition) is 2. The van der Waals surface area contributed by atoms with Crippen LogP contribution in [0.3, 0.4) is 0 Å². The SMILES string of the molecule is COc1cc(CNc2ccc(C(=O)O)cc2)c(Cl)cc1OCc1ccccc1Cl. The Labute approximate surface area is 178 Å². The highest BCUT2D eigenvalue weighted by Crippen LogP contribution is 2.34. The molecule has 0 fully saturated rings. The molecule has 0 atom stereocenters. The van der Waals surface area contributed by atoms with Gasteiger partial charge in [0.1, 0.15) is 6.61 Å². The van der Waals surface area contributed by atoms with Crippen LogP contribution in [0.1, 0.15) is 21.5 Å². The van der Waals surface area contributed by atoms with E-state index in [1.165, 1.54) is 0 Å². The van der Waals surface area contributed by atoms with Gasteiger partial charge in [0.2, 0.25) is 0 Å². The van der Waals surface area contributed by atoms with Crippen LogP contribution in [-0.2, 0) is 13.2 Å². The van der Waals surface area contributed by atoms with E-state index in [-0.39, 0.29) is 5.56 Å². The molecule has 0 aliphatic carbocycles. The first-order valence-electron chi connectivity index (χ1n) is 8.77. The standard InChI is InChI=1S/C22H19Cl2NO4/c1-28-20-10-16(12-25-17-8-6-14(7-9-17)22(26)27)19(24)11-21(20)29-13-15-4-2-3-5-18(15)23/h2-11,25H,12-13H2,1H3,(H,26,27). The van der Waals surface area contributed by atoms with Gasteiger partial charge in [0.25, 0.3) is 0 Å². The summed E-state index contributed by atoms with van der Waals surface area (Å²) in [6.07, 6.45) is 0. The Kier molecular flexibility index (Phi) is 6.86. The summed E-state index contributed by atoms with van der Waals surface area (Å²) in [6.45, 7) is 0.728. The van der Waals surface area contributed by atoms with Crippen molar-refractivity contribution in [2.24, 2.45) is 0 Å². The smallest absolute Gasteiger partial charge is 0.335 e. The summed E-state index contributed by atoms with van der Waals surface area (Å²) in [5.74, 6) is 0.114. The van der Waals surface area contributed by atoms with Gasteiger partial charge in [-0.2, -0.15) is 0 Å². The molecule has 0 aliphatic heterocycles. The number of anilines is 1. The topological polar surface area (TPSA) is 67.8 Å². The third kappa shape index (κ3) is 5.34. The average molecular weight is 432 g/mol. The van der Waals surface area contributed by atoms with E-state index in [1.54, 1.807) is 37.4 Å². The first-order chi connectivity index (χ1) is 14.0. The molecule has 0 unspecified atom stereocenters. The number of methoxy groups -OCH3 is 1. The van der Waals surface area contributed by atoms with Gasteiger partial charge in [0, 0.05) is 33.9 Å². The number of halogens is 2. The minimum Gasteiger partial charge on any atom is -0.493 e. The lowest BCUT2D eigenvalue weighted by atomic mass is 10.1. The van der Waals surface area contributed by atoms with Gasteiger partial charge in [0.15, 0.2) is 11.5 Å². The fourth-order valence-electron chi connectivity index (χ4n) is 2.68. The molecule has 3 aromatic carbocycles. The predicted molar refractivity (Wildman–Crippen MR) is 115 cm³/mol. The molecule has 5 nitrogen and oxygen atoms in total.